The standard InChI is InChI=1S/C22H26N2O7S3/c1-14(25)16-4-5-17(33-16)19(26)23-9-6-22(7-10-23)8-11-24(13-22)34(28,29)21-18(30-2)15(12-32-21)20(27)31-3/h4-5,12H,6-11,13H2,1-3H3. The van der Waals surface area contributed by atoms with Crippen LogP contribution in [-0.2, 0) is 14.8 Å². The van der Waals surface area contributed by atoms with E-state index in [0.717, 1.165) is 11.3 Å². The van der Waals surface area contributed by atoms with Crippen LogP contribution in [0.4, 0.5) is 0 Å². The third-order valence-electron chi connectivity index (χ3n) is 6.58. The smallest absolute Gasteiger partial charge is 0.342 e. The van der Waals surface area contributed by atoms with Crippen molar-refractivity contribution in [2.24, 2.45) is 5.41 Å². The Hall–Kier alpha value is -2.28. The number of thiophene rings is 2. The summed E-state index contributed by atoms with van der Waals surface area (Å²) in [6.45, 7) is 3.29. The monoisotopic (exact) mass is 526 g/mol. The Bertz CT molecular complexity index is 1220. The summed E-state index contributed by atoms with van der Waals surface area (Å²) in [7, 11) is -1.28. The number of likely N-dealkylation sites (tertiary alicyclic amines) is 1. The van der Waals surface area contributed by atoms with Gasteiger partial charge in [0.25, 0.3) is 15.9 Å². The number of carbonyl (C=O) groups excluding carboxylic acids is 3. The summed E-state index contributed by atoms with van der Waals surface area (Å²) in [4.78, 5) is 39.3. The van der Waals surface area contributed by atoms with Crippen molar-refractivity contribution in [2.45, 2.75) is 30.4 Å². The van der Waals surface area contributed by atoms with Crippen molar-refractivity contribution in [1.29, 1.82) is 0 Å². The fourth-order valence-electron chi connectivity index (χ4n) is 4.56. The molecule has 2 aromatic rings. The molecular weight excluding hydrogens is 500 g/mol. The minimum atomic E-state index is -3.85. The molecule has 2 aliphatic rings. The summed E-state index contributed by atoms with van der Waals surface area (Å²) in [6, 6.07) is 3.37. The molecule has 0 bridgehead atoms. The van der Waals surface area contributed by atoms with E-state index in [4.69, 9.17) is 9.47 Å². The number of nitrogens with zero attached hydrogens (tertiary/aromatic N) is 2. The number of hydrogen-bond donors (Lipinski definition) is 0. The van der Waals surface area contributed by atoms with Crippen LogP contribution in [0.2, 0.25) is 0 Å². The van der Waals surface area contributed by atoms with Gasteiger partial charge in [-0.15, -0.1) is 22.7 Å². The van der Waals surface area contributed by atoms with Crippen molar-refractivity contribution >= 4 is 50.4 Å². The Labute approximate surface area is 206 Å². The molecule has 1 spiro atoms. The van der Waals surface area contributed by atoms with E-state index in [1.165, 1.54) is 42.2 Å². The van der Waals surface area contributed by atoms with E-state index in [2.05, 4.69) is 0 Å². The lowest BCUT2D eigenvalue weighted by Gasteiger charge is -2.39. The Morgan fingerprint density at radius 2 is 1.68 bits per heavy atom. The molecule has 0 unspecified atom stereocenters. The van der Waals surface area contributed by atoms with Gasteiger partial charge in [0.15, 0.2) is 15.7 Å². The molecule has 34 heavy (non-hydrogen) atoms. The number of carbonyl (C=O) groups is 3. The van der Waals surface area contributed by atoms with Gasteiger partial charge in [-0.3, -0.25) is 9.59 Å². The lowest BCUT2D eigenvalue weighted by Crippen LogP contribution is -2.44. The highest BCUT2D eigenvalue weighted by Crippen LogP contribution is 2.45. The van der Waals surface area contributed by atoms with E-state index in [1.54, 1.807) is 17.0 Å². The van der Waals surface area contributed by atoms with Crippen molar-refractivity contribution in [3.05, 3.63) is 32.8 Å². The first kappa shape index (κ1) is 24.8. The number of ketones is 1. The number of esters is 1. The molecule has 0 saturated carbocycles. The van der Waals surface area contributed by atoms with Gasteiger partial charge >= 0.3 is 5.97 Å². The molecule has 0 aliphatic carbocycles. The van der Waals surface area contributed by atoms with Gasteiger partial charge in [-0.1, -0.05) is 0 Å². The second-order valence-electron chi connectivity index (χ2n) is 8.56. The third-order valence-corrected chi connectivity index (χ3v) is 11.1. The van der Waals surface area contributed by atoms with Gasteiger partial charge in [0.1, 0.15) is 5.56 Å². The Morgan fingerprint density at radius 3 is 2.26 bits per heavy atom. The first-order chi connectivity index (χ1) is 16.1. The lowest BCUT2D eigenvalue weighted by atomic mass is 9.78. The fourth-order valence-corrected chi connectivity index (χ4v) is 8.54. The largest absolute Gasteiger partial charge is 0.494 e. The fraction of sp³-hybridized carbons (Fsp3) is 0.500. The molecule has 184 valence electrons. The van der Waals surface area contributed by atoms with Crippen LogP contribution in [0.5, 0.6) is 5.75 Å². The van der Waals surface area contributed by atoms with Crippen molar-refractivity contribution < 1.29 is 32.3 Å². The Balaban J connectivity index is 1.44. The average molecular weight is 527 g/mol. The molecule has 2 aliphatic heterocycles. The molecule has 9 nitrogen and oxygen atoms in total. The number of sulfonamides is 1. The first-order valence-corrected chi connectivity index (χ1v) is 13.9. The summed E-state index contributed by atoms with van der Waals surface area (Å²) in [5.74, 6) is -0.784. The number of Topliss-reactive ketones (excluding diaryl/α,β-unsaturated/α-hetero) is 1. The normalized spacial score (nSPS) is 18.3. The molecule has 4 heterocycles. The molecule has 2 aromatic heterocycles. The van der Waals surface area contributed by atoms with Crippen molar-refractivity contribution in [2.75, 3.05) is 40.4 Å². The number of hydrogen-bond acceptors (Lipinski definition) is 9. The van der Waals surface area contributed by atoms with Gasteiger partial charge in [-0.05, 0) is 43.7 Å². The van der Waals surface area contributed by atoms with Crippen molar-refractivity contribution in [1.82, 2.24) is 9.21 Å². The van der Waals surface area contributed by atoms with Crippen molar-refractivity contribution in [3.8, 4) is 5.75 Å². The van der Waals surface area contributed by atoms with Crippen LogP contribution < -0.4 is 4.74 Å². The van der Waals surface area contributed by atoms with Crippen LogP contribution in [0.25, 0.3) is 0 Å². The van der Waals surface area contributed by atoms with Gasteiger partial charge in [-0.2, -0.15) is 4.31 Å². The van der Waals surface area contributed by atoms with Crippen LogP contribution in [-0.4, -0.2) is 75.7 Å². The summed E-state index contributed by atoms with van der Waals surface area (Å²) in [6.07, 6.45) is 2.11. The second-order valence-corrected chi connectivity index (χ2v) is 12.7. The van der Waals surface area contributed by atoms with Crippen LogP contribution in [0.3, 0.4) is 0 Å². The molecule has 0 N–H and O–H groups in total. The molecule has 12 heteroatoms. The van der Waals surface area contributed by atoms with Gasteiger partial charge in [-0.25, -0.2) is 13.2 Å². The molecular formula is C22H26N2O7S3. The highest BCUT2D eigenvalue weighted by molar-refractivity contribution is 7.91. The maximum Gasteiger partial charge on any atom is 0.342 e. The number of rotatable bonds is 6. The molecule has 1 amide bonds. The van der Waals surface area contributed by atoms with Crippen LogP contribution in [0.1, 0.15) is 55.9 Å². The number of piperidine rings is 1. The van der Waals surface area contributed by atoms with Gasteiger partial charge < -0.3 is 14.4 Å². The zero-order valence-electron chi connectivity index (χ0n) is 19.2. The highest BCUT2D eigenvalue weighted by atomic mass is 32.2. The average Bonchev–Trinajstić information content (AvgIpc) is 3.57. The SMILES string of the molecule is COC(=O)c1csc(S(=O)(=O)N2CCC3(CCN(C(=O)c4ccc(C(C)=O)s4)CC3)C2)c1OC. The topological polar surface area (TPSA) is 110 Å². The van der Waals surface area contributed by atoms with Crippen molar-refractivity contribution in [3.63, 3.8) is 0 Å². The first-order valence-electron chi connectivity index (χ1n) is 10.8. The third kappa shape index (κ3) is 4.39. The van der Waals surface area contributed by atoms with E-state index >= 15 is 0 Å². The summed E-state index contributed by atoms with van der Waals surface area (Å²) in [5.41, 5.74) is -0.102. The van der Waals surface area contributed by atoms with E-state index in [0.29, 0.717) is 55.2 Å². The summed E-state index contributed by atoms with van der Waals surface area (Å²) >= 11 is 2.15. The molecule has 0 aromatic carbocycles. The Kier molecular flexibility index (Phi) is 6.87. The maximum atomic E-state index is 13.4. The number of ether oxygens (including phenoxy) is 2. The second kappa shape index (κ2) is 9.40. The van der Waals surface area contributed by atoms with E-state index in [1.807, 2.05) is 0 Å². The molecule has 0 atom stereocenters. The zero-order chi connectivity index (χ0) is 24.7. The van der Waals surface area contributed by atoms with E-state index in [-0.39, 0.29) is 32.6 Å². The minimum Gasteiger partial charge on any atom is -0.494 e. The predicted octanol–water partition coefficient (Wildman–Crippen LogP) is 3.12. The molecule has 0 radical (unpaired) electrons. The van der Waals surface area contributed by atoms with Gasteiger partial charge in [0, 0.05) is 31.6 Å². The lowest BCUT2D eigenvalue weighted by molar-refractivity contribution is 0.0591. The number of amides is 1. The quantitative estimate of drug-likeness (QED) is 0.420. The van der Waals surface area contributed by atoms with E-state index in [9.17, 15) is 22.8 Å². The Morgan fingerprint density at radius 1 is 1.03 bits per heavy atom. The van der Waals surface area contributed by atoms with Crippen LogP contribution in [0, 0.1) is 5.41 Å². The summed E-state index contributed by atoms with van der Waals surface area (Å²) < 4.78 is 38.2. The highest BCUT2D eigenvalue weighted by Gasteiger charge is 2.46. The van der Waals surface area contributed by atoms with Crippen LogP contribution >= 0.6 is 22.7 Å². The van der Waals surface area contributed by atoms with Gasteiger partial charge in [0.05, 0.1) is 24.0 Å². The molecule has 2 saturated heterocycles. The molecule has 4 rings (SSSR count). The van der Waals surface area contributed by atoms with Crippen LogP contribution in [0.15, 0.2) is 21.7 Å². The predicted molar refractivity (Wildman–Crippen MR) is 127 cm³/mol. The van der Waals surface area contributed by atoms with Gasteiger partial charge in [0.2, 0.25) is 0 Å². The minimum absolute atomic E-state index is 0.000894. The maximum absolute atomic E-state index is 13.4. The molecule has 2 fully saturated rings. The zero-order valence-corrected chi connectivity index (χ0v) is 21.6. The summed E-state index contributed by atoms with van der Waals surface area (Å²) in [5, 5.41) is 1.44. The van der Waals surface area contributed by atoms with E-state index < -0.39 is 16.0 Å². The number of methoxy groups -OCH3 is 2.